The molecule has 1 heterocycles. The Morgan fingerprint density at radius 2 is 2.03 bits per heavy atom. The van der Waals surface area contributed by atoms with Crippen LogP contribution in [0.1, 0.15) is 42.6 Å². The van der Waals surface area contributed by atoms with Gasteiger partial charge in [0.2, 0.25) is 5.75 Å². The summed E-state index contributed by atoms with van der Waals surface area (Å²) in [6.45, 7) is 4.11. The lowest BCUT2D eigenvalue weighted by molar-refractivity contribution is 0.0948. The summed E-state index contributed by atoms with van der Waals surface area (Å²) >= 11 is 0. The first-order valence-electron chi connectivity index (χ1n) is 9.40. The van der Waals surface area contributed by atoms with E-state index in [1.165, 1.54) is 0 Å². The number of aromatic nitrogens is 2. The third-order valence-corrected chi connectivity index (χ3v) is 4.51. The largest absolute Gasteiger partial charge is 0.501 e. The monoisotopic (exact) mass is 392 g/mol. The summed E-state index contributed by atoms with van der Waals surface area (Å²) in [4.78, 5) is 31.4. The number of nitrogens with zero attached hydrogens (tertiary/aromatic N) is 1. The number of amides is 1. The average molecular weight is 392 g/mol. The second-order valence-corrected chi connectivity index (χ2v) is 6.91. The van der Waals surface area contributed by atoms with E-state index in [2.05, 4.69) is 20.6 Å². The number of aromatic amines is 1. The molecule has 1 aliphatic carbocycles. The minimum Gasteiger partial charge on any atom is -0.501 e. The van der Waals surface area contributed by atoms with Gasteiger partial charge in [-0.15, -0.1) is 0 Å². The highest BCUT2D eigenvalue weighted by Gasteiger charge is 2.20. The second kappa shape index (κ2) is 9.05. The molecule has 0 saturated heterocycles. The van der Waals surface area contributed by atoms with Crippen LogP contribution in [0.3, 0.4) is 0 Å². The highest BCUT2D eigenvalue weighted by atomic mass is 16.3. The van der Waals surface area contributed by atoms with E-state index in [0.717, 1.165) is 16.8 Å². The molecule has 0 aliphatic heterocycles. The number of nitrogens with one attached hydrogen (secondary N) is 3. The molecule has 0 radical (unpaired) electrons. The van der Waals surface area contributed by atoms with Gasteiger partial charge in [-0.1, -0.05) is 48.1 Å². The van der Waals surface area contributed by atoms with Gasteiger partial charge in [-0.05, 0) is 38.0 Å². The zero-order valence-electron chi connectivity index (χ0n) is 16.4. The molecule has 1 aromatic carbocycles. The van der Waals surface area contributed by atoms with Crippen LogP contribution in [0.4, 0.5) is 5.69 Å². The van der Waals surface area contributed by atoms with Crippen molar-refractivity contribution in [2.75, 3.05) is 11.9 Å². The van der Waals surface area contributed by atoms with Crippen molar-refractivity contribution < 1.29 is 9.90 Å². The van der Waals surface area contributed by atoms with E-state index in [1.54, 1.807) is 6.92 Å². The summed E-state index contributed by atoms with van der Waals surface area (Å²) in [6.07, 6.45) is 8.69. The highest BCUT2D eigenvalue weighted by Crippen LogP contribution is 2.18. The zero-order valence-corrected chi connectivity index (χ0v) is 16.4. The van der Waals surface area contributed by atoms with E-state index < -0.39 is 17.2 Å². The minimum absolute atomic E-state index is 0.261. The van der Waals surface area contributed by atoms with E-state index >= 15 is 0 Å². The van der Waals surface area contributed by atoms with E-state index in [-0.39, 0.29) is 17.6 Å². The fraction of sp³-hybridized carbons (Fsp3) is 0.227. The number of para-hydroxylation sites is 1. The highest BCUT2D eigenvalue weighted by molar-refractivity contribution is 5.94. The molecule has 0 bridgehead atoms. The summed E-state index contributed by atoms with van der Waals surface area (Å²) in [5.41, 5.74) is 1.94. The van der Waals surface area contributed by atoms with Crippen molar-refractivity contribution in [2.45, 2.75) is 26.3 Å². The molecule has 4 N–H and O–H groups in total. The predicted octanol–water partition coefficient (Wildman–Crippen LogP) is 3.21. The lowest BCUT2D eigenvalue weighted by Crippen LogP contribution is -2.29. The van der Waals surface area contributed by atoms with E-state index in [9.17, 15) is 14.7 Å². The molecule has 1 amide bonds. The molecular formula is C22H24N4O3. The number of carbonyl (C=O) groups excluding carboxylic acids is 1. The number of carbonyl (C=O) groups is 1. The molecule has 1 aromatic heterocycles. The van der Waals surface area contributed by atoms with Crippen molar-refractivity contribution >= 4 is 11.6 Å². The van der Waals surface area contributed by atoms with Gasteiger partial charge in [0.1, 0.15) is 5.82 Å². The summed E-state index contributed by atoms with van der Waals surface area (Å²) in [5.74, 6) is -1.03. The molecule has 1 aliphatic rings. The molecular weight excluding hydrogens is 368 g/mol. The molecule has 1 unspecified atom stereocenters. The molecule has 150 valence electrons. The van der Waals surface area contributed by atoms with Crippen molar-refractivity contribution in [3.8, 4) is 5.75 Å². The SMILES string of the molecule is CC1=CC=C(CNC(=O)c2nc(C(C)Nc3ccccc3)[nH]c(=O)c2O)CC=C1. The van der Waals surface area contributed by atoms with Gasteiger partial charge in [0.05, 0.1) is 6.04 Å². The molecule has 3 rings (SSSR count). The van der Waals surface area contributed by atoms with E-state index in [0.29, 0.717) is 13.0 Å². The topological polar surface area (TPSA) is 107 Å². The van der Waals surface area contributed by atoms with Crippen molar-refractivity contribution in [3.05, 3.63) is 87.7 Å². The maximum Gasteiger partial charge on any atom is 0.294 e. The number of hydrogen-bond donors (Lipinski definition) is 4. The fourth-order valence-corrected chi connectivity index (χ4v) is 2.88. The van der Waals surface area contributed by atoms with Crippen LogP contribution in [-0.4, -0.2) is 27.5 Å². The Labute approximate surface area is 168 Å². The van der Waals surface area contributed by atoms with E-state index in [1.807, 2.05) is 61.6 Å². The first kappa shape index (κ1) is 20.1. The number of allylic oxidation sites excluding steroid dienone is 5. The fourth-order valence-electron chi connectivity index (χ4n) is 2.88. The van der Waals surface area contributed by atoms with Gasteiger partial charge >= 0.3 is 0 Å². The summed E-state index contributed by atoms with van der Waals surface area (Å²) < 4.78 is 0. The van der Waals surface area contributed by atoms with Crippen LogP contribution in [0.25, 0.3) is 0 Å². The number of benzene rings is 1. The minimum atomic E-state index is -0.753. The maximum atomic E-state index is 12.6. The number of aromatic hydroxyl groups is 1. The first-order valence-corrected chi connectivity index (χ1v) is 9.40. The molecule has 0 saturated carbocycles. The summed E-state index contributed by atoms with van der Waals surface area (Å²) in [5, 5.41) is 16.0. The van der Waals surface area contributed by atoms with Crippen LogP contribution in [0.15, 0.2) is 70.6 Å². The van der Waals surface area contributed by atoms with E-state index in [4.69, 9.17) is 0 Å². The van der Waals surface area contributed by atoms with Crippen molar-refractivity contribution in [1.82, 2.24) is 15.3 Å². The molecule has 1 atom stereocenters. The standard InChI is InChI=1S/C22H24N4O3/c1-14-7-6-8-16(12-11-14)13-23-21(28)18-19(27)22(29)26-20(25-18)15(2)24-17-9-4-3-5-10-17/h3-7,9-12,15,24,27H,8,13H2,1-2H3,(H,23,28)(H,25,26,29). The summed E-state index contributed by atoms with van der Waals surface area (Å²) in [6, 6.07) is 9.06. The Morgan fingerprint density at radius 3 is 2.79 bits per heavy atom. The smallest absolute Gasteiger partial charge is 0.294 e. The van der Waals surface area contributed by atoms with Gasteiger partial charge < -0.3 is 20.7 Å². The Kier molecular flexibility index (Phi) is 6.29. The quantitative estimate of drug-likeness (QED) is 0.604. The van der Waals surface area contributed by atoms with Crippen molar-refractivity contribution in [2.24, 2.45) is 0 Å². The predicted molar refractivity (Wildman–Crippen MR) is 113 cm³/mol. The van der Waals surface area contributed by atoms with Gasteiger partial charge in [0.25, 0.3) is 11.5 Å². The third-order valence-electron chi connectivity index (χ3n) is 4.51. The molecule has 0 fully saturated rings. The molecule has 29 heavy (non-hydrogen) atoms. The normalized spacial score (nSPS) is 14.4. The van der Waals surface area contributed by atoms with Gasteiger partial charge in [0.15, 0.2) is 5.69 Å². The average Bonchev–Trinajstić information content (AvgIpc) is 2.93. The van der Waals surface area contributed by atoms with Crippen LogP contribution >= 0.6 is 0 Å². The zero-order chi connectivity index (χ0) is 20.8. The van der Waals surface area contributed by atoms with Crippen molar-refractivity contribution in [3.63, 3.8) is 0 Å². The number of H-pyrrole nitrogens is 1. The second-order valence-electron chi connectivity index (χ2n) is 6.91. The van der Waals surface area contributed by atoms with Gasteiger partial charge in [0, 0.05) is 12.2 Å². The first-order chi connectivity index (χ1) is 13.9. The van der Waals surface area contributed by atoms with Gasteiger partial charge in [-0.3, -0.25) is 9.59 Å². The number of rotatable bonds is 6. The molecule has 2 aromatic rings. The maximum absolute atomic E-state index is 12.6. The van der Waals surface area contributed by atoms with Gasteiger partial charge in [-0.25, -0.2) is 4.98 Å². The molecule has 7 heteroatoms. The molecule has 0 spiro atoms. The lowest BCUT2D eigenvalue weighted by atomic mass is 10.2. The third kappa shape index (κ3) is 5.22. The van der Waals surface area contributed by atoms with Crippen LogP contribution in [-0.2, 0) is 0 Å². The number of hydrogen-bond acceptors (Lipinski definition) is 5. The Morgan fingerprint density at radius 1 is 1.28 bits per heavy atom. The Hall–Kier alpha value is -3.61. The van der Waals surface area contributed by atoms with Crippen LogP contribution in [0, 0.1) is 0 Å². The van der Waals surface area contributed by atoms with Crippen LogP contribution in [0.2, 0.25) is 0 Å². The lowest BCUT2D eigenvalue weighted by Gasteiger charge is -2.15. The van der Waals surface area contributed by atoms with Crippen LogP contribution < -0.4 is 16.2 Å². The Balaban J connectivity index is 1.75. The number of anilines is 1. The summed E-state index contributed by atoms with van der Waals surface area (Å²) in [7, 11) is 0. The van der Waals surface area contributed by atoms with Crippen molar-refractivity contribution in [1.29, 1.82) is 0 Å². The van der Waals surface area contributed by atoms with Crippen LogP contribution in [0.5, 0.6) is 5.75 Å². The van der Waals surface area contributed by atoms with Gasteiger partial charge in [-0.2, -0.15) is 0 Å². The molecule has 7 nitrogen and oxygen atoms in total. The Bertz CT molecular complexity index is 1040.